The molecule has 0 spiro atoms. The molecule has 1 aromatic heterocycles. The van der Waals surface area contributed by atoms with Gasteiger partial charge >= 0.3 is 0 Å². The van der Waals surface area contributed by atoms with Crippen molar-refractivity contribution in [2.75, 3.05) is 5.73 Å². The zero-order valence-corrected chi connectivity index (χ0v) is 9.56. The molecule has 0 saturated heterocycles. The molecule has 4 heteroatoms. The lowest BCUT2D eigenvalue weighted by atomic mass is 10.2. The highest BCUT2D eigenvalue weighted by Gasteiger charge is 2.04. The lowest BCUT2D eigenvalue weighted by molar-refractivity contribution is 0.112. The zero-order chi connectivity index (χ0) is 9.42. The van der Waals surface area contributed by atoms with E-state index in [1.807, 2.05) is 18.2 Å². The number of rotatable bonds is 1. The number of nitrogens with two attached hydrogens (primary N) is 1. The Morgan fingerprint density at radius 1 is 1.38 bits per heavy atom. The number of hydrogen-bond donors (Lipinski definition) is 1. The molecule has 0 aliphatic carbocycles. The third-order valence-corrected chi connectivity index (χ3v) is 3.57. The largest absolute Gasteiger partial charge is 0.391 e. The fourth-order valence-electron chi connectivity index (χ4n) is 1.20. The molecular formula is C9H6INOS. The van der Waals surface area contributed by atoms with Crippen LogP contribution in [0.2, 0.25) is 0 Å². The van der Waals surface area contributed by atoms with Gasteiger partial charge in [-0.1, -0.05) is 0 Å². The topological polar surface area (TPSA) is 43.1 Å². The van der Waals surface area contributed by atoms with Crippen LogP contribution in [0.5, 0.6) is 0 Å². The quantitative estimate of drug-likeness (QED) is 0.650. The van der Waals surface area contributed by atoms with Gasteiger partial charge in [0.15, 0.2) is 0 Å². The number of aldehydes is 1. The third-order valence-electron chi connectivity index (χ3n) is 1.76. The molecule has 0 bridgehead atoms. The Hall–Kier alpha value is -0.620. The van der Waals surface area contributed by atoms with Crippen molar-refractivity contribution in [2.45, 2.75) is 0 Å². The lowest BCUT2D eigenvalue weighted by Gasteiger charge is -1.94. The Morgan fingerprint density at radius 2 is 2.15 bits per heavy atom. The van der Waals surface area contributed by atoms with Crippen molar-refractivity contribution in [3.8, 4) is 0 Å². The maximum absolute atomic E-state index is 10.6. The number of carbonyl (C=O) groups excluding carboxylic acids is 1. The highest BCUT2D eigenvalue weighted by Crippen LogP contribution is 2.31. The van der Waals surface area contributed by atoms with Gasteiger partial charge in [-0.05, 0) is 40.8 Å². The predicted molar refractivity (Wildman–Crippen MR) is 64.3 cm³/mol. The van der Waals surface area contributed by atoms with Gasteiger partial charge in [-0.15, -0.1) is 11.3 Å². The highest BCUT2D eigenvalue weighted by atomic mass is 127. The minimum Gasteiger partial charge on any atom is -0.391 e. The number of hydrogen-bond acceptors (Lipinski definition) is 3. The first-order chi connectivity index (χ1) is 6.20. The average molecular weight is 303 g/mol. The van der Waals surface area contributed by atoms with Crippen LogP contribution >= 0.6 is 33.9 Å². The molecule has 0 amide bonds. The van der Waals surface area contributed by atoms with Crippen molar-refractivity contribution in [3.63, 3.8) is 0 Å². The Labute approximate surface area is 92.9 Å². The number of nitrogen functional groups attached to an aromatic ring is 1. The van der Waals surface area contributed by atoms with E-state index in [4.69, 9.17) is 5.73 Å². The predicted octanol–water partition coefficient (Wildman–Crippen LogP) is 2.90. The molecule has 2 N–H and O–H groups in total. The van der Waals surface area contributed by atoms with Crippen molar-refractivity contribution in [1.29, 1.82) is 0 Å². The summed E-state index contributed by atoms with van der Waals surface area (Å²) in [5.41, 5.74) is 6.39. The van der Waals surface area contributed by atoms with E-state index in [1.165, 1.54) is 11.3 Å². The summed E-state index contributed by atoms with van der Waals surface area (Å²) >= 11 is 3.72. The molecule has 1 heterocycles. The molecule has 2 aromatic rings. The minimum absolute atomic E-state index is 0.707. The molecule has 0 unspecified atom stereocenters. The molecule has 2 nitrogen and oxygen atoms in total. The summed E-state index contributed by atoms with van der Waals surface area (Å²) in [4.78, 5) is 10.6. The van der Waals surface area contributed by atoms with Gasteiger partial charge in [0.1, 0.15) is 6.29 Å². The van der Waals surface area contributed by atoms with Gasteiger partial charge in [-0.3, -0.25) is 4.79 Å². The van der Waals surface area contributed by atoms with Crippen LogP contribution in [0.1, 0.15) is 10.4 Å². The van der Waals surface area contributed by atoms with E-state index >= 15 is 0 Å². The monoisotopic (exact) mass is 303 g/mol. The van der Waals surface area contributed by atoms with Crippen molar-refractivity contribution in [2.24, 2.45) is 0 Å². The minimum atomic E-state index is 0.707. The molecule has 1 aromatic carbocycles. The van der Waals surface area contributed by atoms with Crippen molar-refractivity contribution in [3.05, 3.63) is 27.3 Å². The number of fused-ring (bicyclic) bond motifs is 1. The second kappa shape index (κ2) is 3.26. The Kier molecular flexibility index (Phi) is 2.25. The second-order valence-electron chi connectivity index (χ2n) is 2.68. The fourth-order valence-corrected chi connectivity index (χ4v) is 3.10. The molecule has 0 aliphatic rings. The molecule has 0 aliphatic heterocycles. The Morgan fingerprint density at radius 3 is 2.85 bits per heavy atom. The Bertz CT molecular complexity index is 478. The number of carbonyl (C=O) groups is 1. The van der Waals surface area contributed by atoms with Gasteiger partial charge in [0.25, 0.3) is 0 Å². The van der Waals surface area contributed by atoms with E-state index in [9.17, 15) is 4.79 Å². The third kappa shape index (κ3) is 1.55. The van der Waals surface area contributed by atoms with Gasteiger partial charge in [0.2, 0.25) is 0 Å². The number of thiophene rings is 1. The first-order valence-electron chi connectivity index (χ1n) is 3.64. The molecule has 0 radical (unpaired) electrons. The second-order valence-corrected chi connectivity index (χ2v) is 4.96. The van der Waals surface area contributed by atoms with Crippen LogP contribution < -0.4 is 5.73 Å². The summed E-state index contributed by atoms with van der Waals surface area (Å²) in [5, 5.41) is 1.92. The van der Waals surface area contributed by atoms with E-state index in [-0.39, 0.29) is 0 Å². The molecule has 0 saturated carbocycles. The number of benzene rings is 1. The van der Waals surface area contributed by atoms with Crippen LogP contribution in [-0.4, -0.2) is 6.29 Å². The van der Waals surface area contributed by atoms with Crippen molar-refractivity contribution < 1.29 is 4.79 Å². The standard InChI is InChI=1S/C9H6INOS/c10-7-1-5(4-12)2-8-6(7)3-9(11)13-8/h1-4H,11H2. The summed E-state index contributed by atoms with van der Waals surface area (Å²) in [6, 6.07) is 5.67. The average Bonchev–Trinajstić information content (AvgIpc) is 2.46. The first-order valence-corrected chi connectivity index (χ1v) is 5.54. The molecular weight excluding hydrogens is 297 g/mol. The van der Waals surface area contributed by atoms with Crippen LogP contribution in [0.3, 0.4) is 0 Å². The van der Waals surface area contributed by atoms with Gasteiger partial charge in [0.05, 0.1) is 5.00 Å². The van der Waals surface area contributed by atoms with E-state index in [0.717, 1.165) is 24.9 Å². The van der Waals surface area contributed by atoms with Crippen LogP contribution in [0, 0.1) is 3.57 Å². The summed E-state index contributed by atoms with van der Waals surface area (Å²) in [6.07, 6.45) is 0.859. The molecule has 0 atom stereocenters. The van der Waals surface area contributed by atoms with E-state index in [2.05, 4.69) is 22.6 Å². The summed E-state index contributed by atoms with van der Waals surface area (Å²) < 4.78 is 2.15. The van der Waals surface area contributed by atoms with Crippen molar-refractivity contribution in [1.82, 2.24) is 0 Å². The lowest BCUT2D eigenvalue weighted by Crippen LogP contribution is -1.80. The SMILES string of the molecule is Nc1cc2c(I)cc(C=O)cc2s1. The van der Waals surface area contributed by atoms with Crippen molar-refractivity contribution >= 4 is 55.3 Å². The van der Waals surface area contributed by atoms with E-state index < -0.39 is 0 Å². The Balaban J connectivity index is 2.82. The van der Waals surface area contributed by atoms with Gasteiger partial charge < -0.3 is 5.73 Å². The summed E-state index contributed by atoms with van der Waals surface area (Å²) in [6.45, 7) is 0. The number of halogens is 1. The maximum Gasteiger partial charge on any atom is 0.150 e. The number of anilines is 1. The smallest absolute Gasteiger partial charge is 0.150 e. The molecule has 13 heavy (non-hydrogen) atoms. The summed E-state index contributed by atoms with van der Waals surface area (Å²) in [5.74, 6) is 0. The van der Waals surface area contributed by atoms with Gasteiger partial charge in [-0.25, -0.2) is 0 Å². The molecule has 0 fully saturated rings. The van der Waals surface area contributed by atoms with Gasteiger partial charge in [0, 0.05) is 19.2 Å². The summed E-state index contributed by atoms with van der Waals surface area (Å²) in [7, 11) is 0. The zero-order valence-electron chi connectivity index (χ0n) is 6.58. The van der Waals surface area contributed by atoms with Crippen LogP contribution in [0.4, 0.5) is 5.00 Å². The molecule has 2 rings (SSSR count). The van der Waals surface area contributed by atoms with Crippen LogP contribution in [0.25, 0.3) is 10.1 Å². The normalized spacial score (nSPS) is 10.5. The highest BCUT2D eigenvalue weighted by molar-refractivity contribution is 14.1. The fraction of sp³-hybridized carbons (Fsp3) is 0. The van der Waals surface area contributed by atoms with Gasteiger partial charge in [-0.2, -0.15) is 0 Å². The molecule has 66 valence electrons. The first kappa shape index (κ1) is 8.96. The van der Waals surface area contributed by atoms with Crippen LogP contribution in [0.15, 0.2) is 18.2 Å². The van der Waals surface area contributed by atoms with Crippen LogP contribution in [-0.2, 0) is 0 Å². The maximum atomic E-state index is 10.6. The van der Waals surface area contributed by atoms with E-state index in [1.54, 1.807) is 0 Å². The van der Waals surface area contributed by atoms with E-state index in [0.29, 0.717) is 5.56 Å².